The average molecular weight is 994 g/mol. The Morgan fingerprint density at radius 2 is 0.718 bits per heavy atom. The highest BCUT2D eigenvalue weighted by Crippen LogP contribution is 2.46. The molecule has 11 aromatic carbocycles. The van der Waals surface area contributed by atoms with E-state index in [1.807, 2.05) is 36.4 Å². The molecule has 16 rings (SSSR count). The fourth-order valence-electron chi connectivity index (χ4n) is 12.5. The highest BCUT2D eigenvalue weighted by atomic mass is 15.0. The molecule has 0 saturated carbocycles. The van der Waals surface area contributed by atoms with Crippen LogP contribution in [-0.2, 0) is 0 Å². The van der Waals surface area contributed by atoms with Crippen LogP contribution in [0.4, 0.5) is 0 Å². The molecular weight excluding hydrogens is 951 g/mol. The Bertz CT molecular complexity index is 5080. The lowest BCUT2D eigenvalue weighted by Gasteiger charge is -2.19. The summed E-state index contributed by atoms with van der Waals surface area (Å²) in [7, 11) is 0. The van der Waals surface area contributed by atoms with Crippen LogP contribution in [-0.4, -0.2) is 28.2 Å². The van der Waals surface area contributed by atoms with E-state index in [0.29, 0.717) is 11.4 Å². The van der Waals surface area contributed by atoms with E-state index in [0.717, 1.165) is 138 Å². The molecule has 0 aliphatic carbocycles. The second-order valence-electron chi connectivity index (χ2n) is 20.0. The molecular formula is C71H43N7. The number of nitriles is 1. The maximum absolute atomic E-state index is 12.2. The number of benzene rings is 11. The van der Waals surface area contributed by atoms with Crippen molar-refractivity contribution < 1.29 is 0 Å². The van der Waals surface area contributed by atoms with Crippen LogP contribution in [0.25, 0.3) is 144 Å². The quantitative estimate of drug-likeness (QED) is 0.160. The molecule has 7 nitrogen and oxygen atoms in total. The van der Waals surface area contributed by atoms with Crippen LogP contribution in [0.15, 0.2) is 261 Å². The molecule has 0 spiro atoms. The van der Waals surface area contributed by atoms with Crippen LogP contribution in [0.3, 0.4) is 0 Å². The van der Waals surface area contributed by atoms with E-state index in [4.69, 9.17) is 9.97 Å². The second-order valence-corrected chi connectivity index (χ2v) is 20.0. The summed E-state index contributed by atoms with van der Waals surface area (Å²) in [5.41, 5.74) is 16.9. The molecule has 78 heavy (non-hydrogen) atoms. The Hall–Kier alpha value is -10.8. The van der Waals surface area contributed by atoms with Crippen molar-refractivity contribution in [2.45, 2.75) is 0 Å². The molecule has 0 aliphatic heterocycles. The molecule has 0 radical (unpaired) electrons. The Morgan fingerprint density at radius 1 is 0.295 bits per heavy atom. The van der Waals surface area contributed by atoms with E-state index in [1.165, 1.54) is 0 Å². The van der Waals surface area contributed by atoms with Crippen molar-refractivity contribution in [3.63, 3.8) is 0 Å². The fraction of sp³-hybridized carbons (Fsp3) is 0. The highest BCUT2D eigenvalue weighted by Gasteiger charge is 2.27. The number of rotatable bonds is 7. The molecule has 5 heterocycles. The third kappa shape index (κ3) is 6.44. The standard InChI is InChI=1S/C71H43N7/c72-44-57-65(77-61-34-18-15-31-52(61)56-41-67-55(42-68(56)77)51-30-14-17-33-60(51)76(67)49-27-11-4-12-28-49)39-47(59-43-58(45-21-5-1-6-22-45)73-71(74-59)46-23-7-2-8-24-46)40-66(57)78-62-35-19-13-29-50(62)53-37-38-64-69(70(53)78)54-32-16-20-36-63(54)75(64)48-25-9-3-10-26-48/h1-43H. The second kappa shape index (κ2) is 17.1. The van der Waals surface area contributed by atoms with Gasteiger partial charge in [-0.15, -0.1) is 0 Å². The maximum atomic E-state index is 12.2. The lowest BCUT2D eigenvalue weighted by molar-refractivity contribution is 1.11. The van der Waals surface area contributed by atoms with Crippen molar-refractivity contribution >= 4 is 87.2 Å². The number of aromatic nitrogens is 6. The van der Waals surface area contributed by atoms with E-state index in [2.05, 4.69) is 249 Å². The van der Waals surface area contributed by atoms with Crippen molar-refractivity contribution in [3.8, 4) is 62.7 Å². The zero-order valence-corrected chi connectivity index (χ0v) is 42.0. The third-order valence-corrected chi connectivity index (χ3v) is 15.8. The van der Waals surface area contributed by atoms with Gasteiger partial charge in [0.15, 0.2) is 5.82 Å². The number of hydrogen-bond acceptors (Lipinski definition) is 3. The zero-order valence-electron chi connectivity index (χ0n) is 42.0. The number of fused-ring (bicyclic) bond motifs is 13. The summed E-state index contributed by atoms with van der Waals surface area (Å²) in [5.74, 6) is 0.612. The minimum Gasteiger partial charge on any atom is -0.309 e. The summed E-state index contributed by atoms with van der Waals surface area (Å²) in [6.45, 7) is 0. The predicted molar refractivity (Wildman–Crippen MR) is 320 cm³/mol. The van der Waals surface area contributed by atoms with Gasteiger partial charge in [-0.1, -0.05) is 176 Å². The van der Waals surface area contributed by atoms with Crippen molar-refractivity contribution in [3.05, 3.63) is 266 Å². The van der Waals surface area contributed by atoms with Gasteiger partial charge in [0.05, 0.1) is 66.9 Å². The summed E-state index contributed by atoms with van der Waals surface area (Å²) < 4.78 is 9.42. The van der Waals surface area contributed by atoms with Crippen molar-refractivity contribution in [2.75, 3.05) is 0 Å². The third-order valence-electron chi connectivity index (χ3n) is 15.8. The molecule has 0 aliphatic rings. The summed E-state index contributed by atoms with van der Waals surface area (Å²) in [6, 6.07) is 94.8. The van der Waals surface area contributed by atoms with Crippen molar-refractivity contribution in [2.24, 2.45) is 0 Å². The smallest absolute Gasteiger partial charge is 0.160 e. The molecule has 7 heteroatoms. The molecule has 0 amide bonds. The molecule has 0 saturated heterocycles. The average Bonchev–Trinajstić information content (AvgIpc) is 4.43. The molecule has 362 valence electrons. The molecule has 0 atom stereocenters. The summed E-state index contributed by atoms with van der Waals surface area (Å²) in [5, 5.41) is 21.1. The lowest BCUT2D eigenvalue weighted by Crippen LogP contribution is -2.06. The molecule has 5 aromatic heterocycles. The van der Waals surface area contributed by atoms with Gasteiger partial charge in [0.2, 0.25) is 0 Å². The topological polar surface area (TPSA) is 69.3 Å². The Labute approximate surface area is 447 Å². The Kier molecular flexibility index (Phi) is 9.56. The molecule has 0 N–H and O–H groups in total. The van der Waals surface area contributed by atoms with Crippen LogP contribution in [0.5, 0.6) is 0 Å². The SMILES string of the molecule is N#Cc1c(-n2c3ccccc3c3cc4c(cc32)c2ccccc2n4-c2ccccc2)cc(-c2cc(-c3ccccc3)nc(-c3ccccc3)n2)cc1-n1c2ccccc2c2ccc3c(c4ccccc4n3-c3ccccc3)c21. The van der Waals surface area contributed by atoms with E-state index < -0.39 is 0 Å². The Balaban J connectivity index is 1.08. The fourth-order valence-corrected chi connectivity index (χ4v) is 12.5. The van der Waals surface area contributed by atoms with Gasteiger partial charge in [0.25, 0.3) is 0 Å². The molecule has 0 unspecified atom stereocenters. The summed E-state index contributed by atoms with van der Waals surface area (Å²) >= 11 is 0. The van der Waals surface area contributed by atoms with Gasteiger partial charge in [-0.2, -0.15) is 5.26 Å². The summed E-state index contributed by atoms with van der Waals surface area (Å²) in [4.78, 5) is 10.7. The predicted octanol–water partition coefficient (Wildman–Crippen LogP) is 17.7. The number of nitrogens with zero attached hydrogens (tertiary/aromatic N) is 7. The van der Waals surface area contributed by atoms with Crippen LogP contribution in [0.1, 0.15) is 5.56 Å². The first-order valence-electron chi connectivity index (χ1n) is 26.3. The van der Waals surface area contributed by atoms with Gasteiger partial charge in [-0.25, -0.2) is 9.97 Å². The maximum Gasteiger partial charge on any atom is 0.160 e. The first-order chi connectivity index (χ1) is 38.7. The molecule has 0 fully saturated rings. The lowest BCUT2D eigenvalue weighted by atomic mass is 10.0. The largest absolute Gasteiger partial charge is 0.309 e. The van der Waals surface area contributed by atoms with Gasteiger partial charge in [-0.05, 0) is 84.9 Å². The normalized spacial score (nSPS) is 11.8. The zero-order chi connectivity index (χ0) is 51.4. The van der Waals surface area contributed by atoms with E-state index in [1.54, 1.807) is 0 Å². The van der Waals surface area contributed by atoms with Crippen LogP contribution in [0, 0.1) is 11.3 Å². The minimum absolute atomic E-state index is 0.528. The number of para-hydroxylation sites is 6. The van der Waals surface area contributed by atoms with Gasteiger partial charge >= 0.3 is 0 Å². The molecule has 16 aromatic rings. The van der Waals surface area contributed by atoms with E-state index in [9.17, 15) is 5.26 Å². The van der Waals surface area contributed by atoms with Crippen LogP contribution in [0.2, 0.25) is 0 Å². The van der Waals surface area contributed by atoms with Gasteiger partial charge in [0, 0.05) is 71.2 Å². The van der Waals surface area contributed by atoms with E-state index in [-0.39, 0.29) is 0 Å². The van der Waals surface area contributed by atoms with Crippen molar-refractivity contribution in [1.29, 1.82) is 5.26 Å². The van der Waals surface area contributed by atoms with Crippen LogP contribution < -0.4 is 0 Å². The van der Waals surface area contributed by atoms with Gasteiger partial charge < -0.3 is 18.3 Å². The van der Waals surface area contributed by atoms with Crippen molar-refractivity contribution in [1.82, 2.24) is 28.2 Å². The van der Waals surface area contributed by atoms with Crippen LogP contribution >= 0.6 is 0 Å². The number of hydrogen-bond donors (Lipinski definition) is 0. The minimum atomic E-state index is 0.528. The van der Waals surface area contributed by atoms with E-state index >= 15 is 0 Å². The van der Waals surface area contributed by atoms with Gasteiger partial charge in [0.1, 0.15) is 11.6 Å². The first kappa shape index (κ1) is 43.6. The summed E-state index contributed by atoms with van der Waals surface area (Å²) in [6.07, 6.45) is 0. The monoisotopic (exact) mass is 993 g/mol. The highest BCUT2D eigenvalue weighted by molar-refractivity contribution is 6.26. The Morgan fingerprint density at radius 3 is 1.29 bits per heavy atom. The molecule has 0 bridgehead atoms. The van der Waals surface area contributed by atoms with Gasteiger partial charge in [-0.3, -0.25) is 0 Å². The first-order valence-corrected chi connectivity index (χ1v) is 26.3.